The highest BCUT2D eigenvalue weighted by Crippen LogP contribution is 2.42. The van der Waals surface area contributed by atoms with Gasteiger partial charge in [-0.05, 0) is 31.8 Å². The van der Waals surface area contributed by atoms with E-state index in [4.69, 9.17) is 10.5 Å². The molecule has 2 nitrogen and oxygen atoms in total. The molecule has 0 fully saturated rings. The molecule has 0 aliphatic carbocycles. The van der Waals surface area contributed by atoms with Crippen LogP contribution in [-0.4, -0.2) is 11.2 Å². The van der Waals surface area contributed by atoms with Crippen LogP contribution in [0.1, 0.15) is 53.4 Å². The van der Waals surface area contributed by atoms with Gasteiger partial charge in [0.05, 0.1) is 5.60 Å². The molecule has 0 unspecified atom stereocenters. The average molecular weight is 197 g/mol. The van der Waals surface area contributed by atoms with Crippen molar-refractivity contribution in [1.29, 1.82) is 0 Å². The van der Waals surface area contributed by atoms with Gasteiger partial charge >= 0.3 is 0 Å². The molecule has 0 amide bonds. The molecule has 1 heterocycles. The largest absolute Gasteiger partial charge is 0.400 e. The topological polar surface area (TPSA) is 35.2 Å². The molecule has 0 saturated carbocycles. The number of nitrogens with two attached hydrogens (primary N) is 1. The minimum atomic E-state index is -0.188. The first kappa shape index (κ1) is 11.6. The van der Waals surface area contributed by atoms with E-state index < -0.39 is 0 Å². The fourth-order valence-corrected chi connectivity index (χ4v) is 2.29. The van der Waals surface area contributed by atoms with E-state index in [0.29, 0.717) is 0 Å². The van der Waals surface area contributed by atoms with Crippen LogP contribution < -0.4 is 5.73 Å². The first-order valence-electron chi connectivity index (χ1n) is 5.77. The van der Waals surface area contributed by atoms with Gasteiger partial charge in [-0.15, -0.1) is 0 Å². The molecule has 0 saturated heterocycles. The second-order valence-corrected chi connectivity index (χ2v) is 4.18. The number of hydrogen-bond donors (Lipinski definition) is 1. The Kier molecular flexibility index (Phi) is 3.25. The Bertz CT molecular complexity index is 224. The highest BCUT2D eigenvalue weighted by molar-refractivity contribution is 5.25. The van der Waals surface area contributed by atoms with Crippen LogP contribution >= 0.6 is 0 Å². The predicted molar refractivity (Wildman–Crippen MR) is 60.0 cm³/mol. The third kappa shape index (κ3) is 1.56. The van der Waals surface area contributed by atoms with Gasteiger partial charge < -0.3 is 10.5 Å². The van der Waals surface area contributed by atoms with Crippen molar-refractivity contribution in [3.05, 3.63) is 11.8 Å². The highest BCUT2D eigenvalue weighted by atomic mass is 16.5. The lowest BCUT2D eigenvalue weighted by molar-refractivity contribution is -0.0997. The van der Waals surface area contributed by atoms with E-state index in [0.717, 1.165) is 31.4 Å². The molecule has 2 heteroatoms. The molecule has 0 aromatic carbocycles. The van der Waals surface area contributed by atoms with Gasteiger partial charge in [-0.25, -0.2) is 0 Å². The summed E-state index contributed by atoms with van der Waals surface area (Å²) in [7, 11) is 0. The Labute approximate surface area is 87.5 Å². The standard InChI is InChI=1S/C12H23NO/c1-5-11(6-2)9-10(13)12(7-3,8-4)14-11/h9H,5-8,13H2,1-4H3. The van der Waals surface area contributed by atoms with Gasteiger partial charge in [0.2, 0.25) is 0 Å². The van der Waals surface area contributed by atoms with E-state index in [1.54, 1.807) is 0 Å². The van der Waals surface area contributed by atoms with E-state index in [-0.39, 0.29) is 11.2 Å². The molecule has 0 aromatic rings. The van der Waals surface area contributed by atoms with Crippen molar-refractivity contribution in [1.82, 2.24) is 0 Å². The van der Waals surface area contributed by atoms with Crippen LogP contribution in [0.5, 0.6) is 0 Å². The number of rotatable bonds is 4. The first-order chi connectivity index (χ1) is 6.58. The minimum Gasteiger partial charge on any atom is -0.400 e. The molecule has 2 N–H and O–H groups in total. The molecular formula is C12H23NO. The Balaban J connectivity index is 2.96. The van der Waals surface area contributed by atoms with Crippen molar-refractivity contribution in [2.75, 3.05) is 0 Å². The van der Waals surface area contributed by atoms with Crippen molar-refractivity contribution in [3.63, 3.8) is 0 Å². The molecule has 1 rings (SSSR count). The van der Waals surface area contributed by atoms with Crippen LogP contribution in [-0.2, 0) is 4.74 Å². The lowest BCUT2D eigenvalue weighted by atomic mass is 9.94. The van der Waals surface area contributed by atoms with E-state index in [1.807, 2.05) is 0 Å². The van der Waals surface area contributed by atoms with Gasteiger partial charge in [-0.2, -0.15) is 0 Å². The zero-order chi connectivity index (χ0) is 10.8. The second kappa shape index (κ2) is 3.93. The van der Waals surface area contributed by atoms with E-state index >= 15 is 0 Å². The van der Waals surface area contributed by atoms with Gasteiger partial charge in [0, 0.05) is 5.70 Å². The van der Waals surface area contributed by atoms with Crippen molar-refractivity contribution in [3.8, 4) is 0 Å². The Morgan fingerprint density at radius 1 is 1.07 bits per heavy atom. The average Bonchev–Trinajstić information content (AvgIpc) is 2.53. The number of ether oxygens (including phenoxy) is 1. The zero-order valence-corrected chi connectivity index (χ0v) is 9.89. The van der Waals surface area contributed by atoms with Crippen molar-refractivity contribution < 1.29 is 4.74 Å². The molecule has 0 aromatic heterocycles. The fraction of sp³-hybridized carbons (Fsp3) is 0.833. The quantitative estimate of drug-likeness (QED) is 0.752. The summed E-state index contributed by atoms with van der Waals surface area (Å²) in [4.78, 5) is 0. The van der Waals surface area contributed by atoms with Crippen LogP contribution in [0.4, 0.5) is 0 Å². The second-order valence-electron chi connectivity index (χ2n) is 4.18. The Morgan fingerprint density at radius 2 is 1.57 bits per heavy atom. The predicted octanol–water partition coefficient (Wildman–Crippen LogP) is 2.98. The van der Waals surface area contributed by atoms with E-state index in [1.165, 1.54) is 0 Å². The number of hydrogen-bond acceptors (Lipinski definition) is 2. The monoisotopic (exact) mass is 197 g/mol. The van der Waals surface area contributed by atoms with Gasteiger partial charge in [0.25, 0.3) is 0 Å². The first-order valence-corrected chi connectivity index (χ1v) is 5.77. The Hall–Kier alpha value is -0.500. The van der Waals surface area contributed by atoms with Crippen LogP contribution in [0, 0.1) is 0 Å². The summed E-state index contributed by atoms with van der Waals surface area (Å²) in [6.45, 7) is 8.61. The van der Waals surface area contributed by atoms with Gasteiger partial charge in [0.15, 0.2) is 0 Å². The van der Waals surface area contributed by atoms with Crippen molar-refractivity contribution >= 4 is 0 Å². The third-order valence-electron chi connectivity index (χ3n) is 3.68. The molecule has 82 valence electrons. The van der Waals surface area contributed by atoms with Gasteiger partial charge in [0.1, 0.15) is 5.60 Å². The molecule has 0 spiro atoms. The normalized spacial score (nSPS) is 23.6. The SMILES string of the molecule is CCC1(CC)C=C(N)C(CC)(CC)O1. The molecule has 0 atom stereocenters. The zero-order valence-electron chi connectivity index (χ0n) is 9.89. The summed E-state index contributed by atoms with van der Waals surface area (Å²) < 4.78 is 6.23. The molecule has 14 heavy (non-hydrogen) atoms. The van der Waals surface area contributed by atoms with Crippen molar-refractivity contribution in [2.24, 2.45) is 5.73 Å². The lowest BCUT2D eigenvalue weighted by Gasteiger charge is -2.34. The van der Waals surface area contributed by atoms with Crippen LogP contribution in [0.25, 0.3) is 0 Å². The van der Waals surface area contributed by atoms with Crippen LogP contribution in [0.2, 0.25) is 0 Å². The van der Waals surface area contributed by atoms with Crippen LogP contribution in [0.3, 0.4) is 0 Å². The van der Waals surface area contributed by atoms with Gasteiger partial charge in [-0.1, -0.05) is 27.7 Å². The summed E-state index contributed by atoms with van der Waals surface area (Å²) in [5, 5.41) is 0. The molecule has 1 aliphatic heterocycles. The van der Waals surface area contributed by atoms with E-state index in [9.17, 15) is 0 Å². The fourth-order valence-electron chi connectivity index (χ4n) is 2.29. The highest BCUT2D eigenvalue weighted by Gasteiger charge is 2.45. The molecule has 0 radical (unpaired) electrons. The summed E-state index contributed by atoms with van der Waals surface area (Å²) in [5.41, 5.74) is 6.74. The maximum absolute atomic E-state index is 6.23. The molecule has 1 aliphatic rings. The Morgan fingerprint density at radius 3 is 1.79 bits per heavy atom. The summed E-state index contributed by atoms with van der Waals surface area (Å²) in [6, 6.07) is 0. The third-order valence-corrected chi connectivity index (χ3v) is 3.68. The van der Waals surface area contributed by atoms with Crippen LogP contribution in [0.15, 0.2) is 11.8 Å². The summed E-state index contributed by atoms with van der Waals surface area (Å²) in [6.07, 6.45) is 6.08. The minimum absolute atomic E-state index is 0.101. The lowest BCUT2D eigenvalue weighted by Crippen LogP contribution is -2.38. The maximum atomic E-state index is 6.23. The molecular weight excluding hydrogens is 174 g/mol. The summed E-state index contributed by atoms with van der Waals surface area (Å²) in [5.74, 6) is 0. The van der Waals surface area contributed by atoms with Gasteiger partial charge in [-0.3, -0.25) is 0 Å². The van der Waals surface area contributed by atoms with Crippen molar-refractivity contribution in [2.45, 2.75) is 64.6 Å². The smallest absolute Gasteiger partial charge is 0.108 e. The maximum Gasteiger partial charge on any atom is 0.108 e. The summed E-state index contributed by atoms with van der Waals surface area (Å²) >= 11 is 0. The van der Waals surface area contributed by atoms with E-state index in [2.05, 4.69) is 33.8 Å². The molecule has 0 bridgehead atoms.